The van der Waals surface area contributed by atoms with Crippen molar-refractivity contribution in [3.05, 3.63) is 30.0 Å². The van der Waals surface area contributed by atoms with E-state index in [1.54, 1.807) is 0 Å². The number of nitrogens with zero attached hydrogens (tertiary/aromatic N) is 4. The molecule has 2 aromatic rings. The van der Waals surface area contributed by atoms with E-state index in [4.69, 9.17) is 0 Å². The van der Waals surface area contributed by atoms with Gasteiger partial charge in [-0.25, -0.2) is 14.1 Å². The van der Waals surface area contributed by atoms with Crippen LogP contribution in [0.25, 0.3) is 5.82 Å². The third-order valence-corrected chi connectivity index (χ3v) is 2.36. The highest BCUT2D eigenvalue weighted by molar-refractivity contribution is 5.32. The van der Waals surface area contributed by atoms with Crippen LogP contribution in [0, 0.1) is 5.82 Å². The topological polar surface area (TPSA) is 55.6 Å². The van der Waals surface area contributed by atoms with Gasteiger partial charge in [-0.15, -0.1) is 0 Å². The van der Waals surface area contributed by atoms with E-state index in [0.29, 0.717) is 6.54 Å². The second kappa shape index (κ2) is 5.43. The first-order valence-electron chi connectivity index (χ1n) is 5.81. The van der Waals surface area contributed by atoms with Crippen LogP contribution < -0.4 is 5.32 Å². The minimum absolute atomic E-state index is 0.132. The Morgan fingerprint density at radius 3 is 2.70 bits per heavy atom. The van der Waals surface area contributed by atoms with Crippen molar-refractivity contribution < 1.29 is 17.6 Å². The molecule has 0 amide bonds. The maximum Gasteiger partial charge on any atom is 0.435 e. The second-order valence-corrected chi connectivity index (χ2v) is 3.94. The van der Waals surface area contributed by atoms with E-state index in [1.807, 2.05) is 6.92 Å². The van der Waals surface area contributed by atoms with Gasteiger partial charge in [-0.1, -0.05) is 6.92 Å². The molecule has 108 valence electrons. The highest BCUT2D eigenvalue weighted by Gasteiger charge is 2.34. The fourth-order valence-electron chi connectivity index (χ4n) is 1.43. The number of hydrogen-bond acceptors (Lipinski definition) is 4. The number of anilines is 1. The molecule has 1 N–H and O–H groups in total. The first-order valence-corrected chi connectivity index (χ1v) is 5.81. The van der Waals surface area contributed by atoms with Gasteiger partial charge in [-0.05, 0) is 12.5 Å². The van der Waals surface area contributed by atoms with Crippen molar-refractivity contribution in [2.45, 2.75) is 19.5 Å². The van der Waals surface area contributed by atoms with Crippen LogP contribution >= 0.6 is 0 Å². The molecule has 0 spiro atoms. The first kappa shape index (κ1) is 14.2. The lowest BCUT2D eigenvalue weighted by molar-refractivity contribution is -0.141. The smallest absolute Gasteiger partial charge is 0.354 e. The number of nitrogens with one attached hydrogen (secondary N) is 1. The average Bonchev–Trinajstić information content (AvgIpc) is 2.87. The fourth-order valence-corrected chi connectivity index (χ4v) is 1.43. The minimum Gasteiger partial charge on any atom is -0.354 e. The van der Waals surface area contributed by atoms with E-state index < -0.39 is 17.7 Å². The molecule has 2 aromatic heterocycles. The Kier molecular flexibility index (Phi) is 3.86. The number of halogens is 4. The Hall–Kier alpha value is -2.19. The number of alkyl halides is 3. The maximum atomic E-state index is 13.6. The third kappa shape index (κ3) is 3.03. The summed E-state index contributed by atoms with van der Waals surface area (Å²) < 4.78 is 51.7. The van der Waals surface area contributed by atoms with Crippen LogP contribution in [-0.2, 0) is 6.18 Å². The molecule has 2 rings (SSSR count). The maximum absolute atomic E-state index is 13.6. The van der Waals surface area contributed by atoms with Crippen molar-refractivity contribution in [3.63, 3.8) is 0 Å². The largest absolute Gasteiger partial charge is 0.435 e. The predicted octanol–water partition coefficient (Wildman–Crippen LogP) is 2.64. The third-order valence-electron chi connectivity index (χ3n) is 2.36. The molecule has 2 heterocycles. The van der Waals surface area contributed by atoms with Gasteiger partial charge in [0.05, 0.1) is 6.20 Å². The van der Waals surface area contributed by atoms with Gasteiger partial charge in [0.25, 0.3) is 0 Å². The van der Waals surface area contributed by atoms with Crippen LogP contribution in [-0.4, -0.2) is 26.3 Å². The molecule has 0 aliphatic carbocycles. The Bertz CT molecular complexity index is 593. The molecule has 9 heteroatoms. The van der Waals surface area contributed by atoms with Gasteiger partial charge >= 0.3 is 6.18 Å². The van der Waals surface area contributed by atoms with E-state index in [-0.39, 0.29) is 11.8 Å². The summed E-state index contributed by atoms with van der Waals surface area (Å²) in [5.41, 5.74) is -1.11. The lowest BCUT2D eigenvalue weighted by Gasteiger charge is -2.06. The molecule has 0 bridgehead atoms. The predicted molar refractivity (Wildman–Crippen MR) is 62.9 cm³/mol. The summed E-state index contributed by atoms with van der Waals surface area (Å²) in [5.74, 6) is -1.06. The van der Waals surface area contributed by atoms with E-state index in [9.17, 15) is 17.6 Å². The number of aromatic nitrogens is 4. The highest BCUT2D eigenvalue weighted by Crippen LogP contribution is 2.27. The van der Waals surface area contributed by atoms with Crippen molar-refractivity contribution in [2.24, 2.45) is 0 Å². The molecule has 0 aliphatic rings. The zero-order valence-electron chi connectivity index (χ0n) is 10.4. The second-order valence-electron chi connectivity index (χ2n) is 3.94. The normalized spacial score (nSPS) is 11.7. The molecular formula is C11H11F4N5. The van der Waals surface area contributed by atoms with Crippen molar-refractivity contribution in [1.29, 1.82) is 0 Å². The first-order chi connectivity index (χ1) is 9.41. The molecule has 0 atom stereocenters. The van der Waals surface area contributed by atoms with E-state index in [1.165, 1.54) is 0 Å². The van der Waals surface area contributed by atoms with Gasteiger partial charge < -0.3 is 5.32 Å². The summed E-state index contributed by atoms with van der Waals surface area (Å²) in [6.07, 6.45) is -1.90. The van der Waals surface area contributed by atoms with Gasteiger partial charge in [0.2, 0.25) is 5.95 Å². The average molecular weight is 289 g/mol. The standard InChI is InChI=1S/C11H11F4N5/c1-2-4-16-10-17-6-7(12)9(18-10)20-5-3-8(19-20)11(13,14)15/h3,5-6H,2,4H2,1H3,(H,16,17,18). The van der Waals surface area contributed by atoms with Gasteiger partial charge in [0, 0.05) is 12.7 Å². The molecular weight excluding hydrogens is 278 g/mol. The quantitative estimate of drug-likeness (QED) is 0.879. The van der Waals surface area contributed by atoms with Crippen molar-refractivity contribution >= 4 is 5.95 Å². The van der Waals surface area contributed by atoms with Crippen LogP contribution in [0.15, 0.2) is 18.5 Å². The summed E-state index contributed by atoms with van der Waals surface area (Å²) in [6.45, 7) is 2.48. The van der Waals surface area contributed by atoms with Crippen LogP contribution in [0.4, 0.5) is 23.5 Å². The van der Waals surface area contributed by atoms with E-state index in [2.05, 4.69) is 20.4 Å². The highest BCUT2D eigenvalue weighted by atomic mass is 19.4. The Labute approximate surface area is 111 Å². The van der Waals surface area contributed by atoms with E-state index in [0.717, 1.165) is 29.6 Å². The van der Waals surface area contributed by atoms with Crippen LogP contribution in [0.3, 0.4) is 0 Å². The van der Waals surface area contributed by atoms with Crippen LogP contribution in [0.1, 0.15) is 19.0 Å². The molecule has 0 saturated carbocycles. The lowest BCUT2D eigenvalue weighted by Crippen LogP contribution is -2.11. The molecule has 20 heavy (non-hydrogen) atoms. The van der Waals surface area contributed by atoms with Crippen molar-refractivity contribution in [2.75, 3.05) is 11.9 Å². The number of hydrogen-bond donors (Lipinski definition) is 1. The summed E-state index contributed by atoms with van der Waals surface area (Å²) in [7, 11) is 0. The monoisotopic (exact) mass is 289 g/mol. The molecule has 0 unspecified atom stereocenters. The molecule has 0 aliphatic heterocycles. The van der Waals surface area contributed by atoms with Gasteiger partial charge in [0.1, 0.15) is 0 Å². The SMILES string of the molecule is CCCNc1ncc(F)c(-n2ccc(C(F)(F)F)n2)n1. The van der Waals surface area contributed by atoms with Crippen molar-refractivity contribution in [3.8, 4) is 5.82 Å². The van der Waals surface area contributed by atoms with Gasteiger partial charge in [-0.2, -0.15) is 23.3 Å². The van der Waals surface area contributed by atoms with E-state index >= 15 is 0 Å². The van der Waals surface area contributed by atoms with Gasteiger partial charge in [-0.3, -0.25) is 0 Å². The van der Waals surface area contributed by atoms with Gasteiger partial charge in [0.15, 0.2) is 17.3 Å². The Morgan fingerprint density at radius 2 is 2.10 bits per heavy atom. The molecule has 0 radical (unpaired) electrons. The summed E-state index contributed by atoms with van der Waals surface area (Å²) in [6, 6.07) is 0.751. The zero-order valence-corrected chi connectivity index (χ0v) is 10.4. The lowest BCUT2D eigenvalue weighted by atomic mass is 10.4. The number of rotatable bonds is 4. The van der Waals surface area contributed by atoms with Crippen LogP contribution in [0.2, 0.25) is 0 Å². The molecule has 0 saturated heterocycles. The van der Waals surface area contributed by atoms with Crippen LogP contribution in [0.5, 0.6) is 0 Å². The Morgan fingerprint density at radius 1 is 1.35 bits per heavy atom. The fraction of sp³-hybridized carbons (Fsp3) is 0.364. The zero-order chi connectivity index (χ0) is 14.8. The summed E-state index contributed by atoms with van der Waals surface area (Å²) in [4.78, 5) is 7.51. The Balaban J connectivity index is 2.34. The molecule has 0 aromatic carbocycles. The molecule has 5 nitrogen and oxygen atoms in total. The minimum atomic E-state index is -4.59. The summed E-state index contributed by atoms with van der Waals surface area (Å²) in [5, 5.41) is 6.08. The summed E-state index contributed by atoms with van der Waals surface area (Å²) >= 11 is 0. The molecule has 0 fully saturated rings. The van der Waals surface area contributed by atoms with Crippen molar-refractivity contribution in [1.82, 2.24) is 19.7 Å².